The van der Waals surface area contributed by atoms with Gasteiger partial charge in [-0.1, -0.05) is 24.3 Å². The number of esters is 1. The summed E-state index contributed by atoms with van der Waals surface area (Å²) in [6.07, 6.45) is 1.43. The predicted molar refractivity (Wildman–Crippen MR) is 131 cm³/mol. The van der Waals surface area contributed by atoms with Crippen LogP contribution in [0, 0.1) is 12.9 Å². The summed E-state index contributed by atoms with van der Waals surface area (Å²) in [5.74, 6) is -0.668. The summed E-state index contributed by atoms with van der Waals surface area (Å²) < 4.78 is 25.9. The van der Waals surface area contributed by atoms with E-state index in [4.69, 9.17) is 9.15 Å². The highest BCUT2D eigenvalue weighted by molar-refractivity contribution is 6.16. The predicted octanol–water partition coefficient (Wildman–Crippen LogP) is 4.65. The second kappa shape index (κ2) is 9.28. The van der Waals surface area contributed by atoms with Gasteiger partial charge in [0.1, 0.15) is 22.7 Å². The molecule has 5 rings (SSSR count). The van der Waals surface area contributed by atoms with Gasteiger partial charge in [-0.15, -0.1) is 0 Å². The highest BCUT2D eigenvalue weighted by Crippen LogP contribution is 2.47. The average molecular weight is 478 g/mol. The smallest absolute Gasteiger partial charge is 0.342 e. The van der Waals surface area contributed by atoms with E-state index in [0.717, 1.165) is 13.1 Å². The molecule has 0 amide bonds. The van der Waals surface area contributed by atoms with Crippen LogP contribution in [0.15, 0.2) is 47.0 Å². The molecule has 1 N–H and O–H groups in total. The fraction of sp³-hybridized carbons (Fsp3) is 0.333. The van der Waals surface area contributed by atoms with Gasteiger partial charge in [0.05, 0.1) is 12.6 Å². The summed E-state index contributed by atoms with van der Waals surface area (Å²) in [6.45, 7) is 6.70. The Morgan fingerprint density at radius 2 is 1.91 bits per heavy atom. The number of aromatic hydroxyl groups is 1. The number of hydrogen-bond acceptors (Lipinski definition) is 7. The summed E-state index contributed by atoms with van der Waals surface area (Å²) in [4.78, 5) is 21.3. The Kier molecular flexibility index (Phi) is 6.17. The molecule has 1 fully saturated rings. The summed E-state index contributed by atoms with van der Waals surface area (Å²) in [7, 11) is 2.06. The third-order valence-corrected chi connectivity index (χ3v) is 6.76. The number of carbonyl (C=O) groups is 1. The normalized spacial score (nSPS) is 16.1. The van der Waals surface area contributed by atoms with Crippen LogP contribution in [0.3, 0.4) is 0 Å². The van der Waals surface area contributed by atoms with Crippen molar-refractivity contribution >= 4 is 27.7 Å². The van der Waals surface area contributed by atoms with Crippen molar-refractivity contribution in [1.82, 2.24) is 14.8 Å². The van der Waals surface area contributed by atoms with Gasteiger partial charge < -0.3 is 19.2 Å². The zero-order valence-electron chi connectivity index (χ0n) is 20.0. The standard InChI is InChI=1S/C27H28FN3O4/c1-4-34-27(33)21-16(2)35-26-19-8-6-5-7-18(19)25(32)23(22(21)26)24(17-9-10-29-20(28)15-17)31-13-11-30(3)12-14-31/h5-10,15,24,32H,4,11-14H2,1-3H3. The van der Waals surface area contributed by atoms with Crippen molar-refractivity contribution < 1.29 is 23.4 Å². The van der Waals surface area contributed by atoms with Crippen molar-refractivity contribution in [3.63, 3.8) is 0 Å². The van der Waals surface area contributed by atoms with E-state index in [9.17, 15) is 14.3 Å². The summed E-state index contributed by atoms with van der Waals surface area (Å²) >= 11 is 0. The highest BCUT2D eigenvalue weighted by Gasteiger charge is 2.34. The quantitative estimate of drug-likeness (QED) is 0.331. The number of aromatic nitrogens is 1. The van der Waals surface area contributed by atoms with Crippen molar-refractivity contribution in [3.05, 3.63) is 71.0 Å². The second-order valence-corrected chi connectivity index (χ2v) is 8.92. The molecule has 1 aliphatic rings. The molecule has 35 heavy (non-hydrogen) atoms. The number of nitrogens with zero attached hydrogens (tertiary/aromatic N) is 3. The first-order chi connectivity index (χ1) is 16.9. The molecule has 182 valence electrons. The van der Waals surface area contributed by atoms with Crippen LogP contribution in [0.1, 0.15) is 40.2 Å². The first kappa shape index (κ1) is 23.3. The lowest BCUT2D eigenvalue weighted by Crippen LogP contribution is -2.46. The van der Waals surface area contributed by atoms with E-state index < -0.39 is 18.0 Å². The molecule has 0 spiro atoms. The molecule has 0 radical (unpaired) electrons. The fourth-order valence-electron chi connectivity index (χ4n) is 5.09. The molecule has 2 aromatic carbocycles. The number of carbonyl (C=O) groups excluding carboxylic acids is 1. The van der Waals surface area contributed by atoms with Crippen molar-refractivity contribution in [2.24, 2.45) is 0 Å². The number of halogens is 1. The third-order valence-electron chi connectivity index (χ3n) is 6.76. The van der Waals surface area contributed by atoms with Crippen molar-refractivity contribution in [1.29, 1.82) is 0 Å². The number of rotatable bonds is 5. The van der Waals surface area contributed by atoms with Crippen molar-refractivity contribution in [3.8, 4) is 5.75 Å². The molecule has 1 aliphatic heterocycles. The van der Waals surface area contributed by atoms with Gasteiger partial charge in [-0.3, -0.25) is 4.90 Å². The van der Waals surface area contributed by atoms with E-state index in [0.29, 0.717) is 51.7 Å². The maximum Gasteiger partial charge on any atom is 0.342 e. The van der Waals surface area contributed by atoms with Gasteiger partial charge in [-0.05, 0) is 38.6 Å². The van der Waals surface area contributed by atoms with Crippen molar-refractivity contribution in [2.45, 2.75) is 19.9 Å². The van der Waals surface area contributed by atoms with Crippen LogP contribution in [-0.4, -0.2) is 65.7 Å². The Balaban J connectivity index is 1.88. The maximum atomic E-state index is 14.4. The SMILES string of the molecule is CCOC(=O)c1c(C)oc2c1c(C(c1ccnc(F)c1)N1CCN(C)CC1)c(O)c1ccccc12. The van der Waals surface area contributed by atoms with Gasteiger partial charge in [-0.2, -0.15) is 4.39 Å². The first-order valence-corrected chi connectivity index (χ1v) is 11.8. The number of likely N-dealkylation sites (N-methyl/N-ethyl adjacent to an activating group) is 1. The van der Waals surface area contributed by atoms with Gasteiger partial charge in [0.25, 0.3) is 0 Å². The number of aryl methyl sites for hydroxylation is 1. The van der Waals surface area contributed by atoms with Crippen LogP contribution < -0.4 is 0 Å². The Bertz CT molecular complexity index is 1410. The molecular weight excluding hydrogens is 449 g/mol. The number of hydrogen-bond donors (Lipinski definition) is 1. The van der Waals surface area contributed by atoms with Crippen LogP contribution in [0.2, 0.25) is 0 Å². The van der Waals surface area contributed by atoms with Gasteiger partial charge in [0.15, 0.2) is 0 Å². The molecule has 4 aromatic rings. The molecule has 0 aliphatic carbocycles. The lowest BCUT2D eigenvalue weighted by atomic mass is 9.89. The van der Waals surface area contributed by atoms with E-state index in [1.54, 1.807) is 19.9 Å². The Labute approximate surface area is 202 Å². The molecule has 8 heteroatoms. The van der Waals surface area contributed by atoms with E-state index in [2.05, 4.69) is 21.8 Å². The van der Waals surface area contributed by atoms with Gasteiger partial charge in [0, 0.05) is 54.1 Å². The number of piperazine rings is 1. The van der Waals surface area contributed by atoms with Gasteiger partial charge in [-0.25, -0.2) is 9.78 Å². The highest BCUT2D eigenvalue weighted by atomic mass is 19.1. The molecule has 3 heterocycles. The number of furan rings is 1. The van der Waals surface area contributed by atoms with E-state index >= 15 is 0 Å². The minimum Gasteiger partial charge on any atom is -0.507 e. The van der Waals surface area contributed by atoms with Crippen LogP contribution in [0.4, 0.5) is 4.39 Å². The Morgan fingerprint density at radius 1 is 1.20 bits per heavy atom. The van der Waals surface area contributed by atoms with Crippen LogP contribution in [-0.2, 0) is 4.74 Å². The molecule has 1 unspecified atom stereocenters. The minimum atomic E-state index is -0.604. The van der Waals surface area contributed by atoms with E-state index in [1.165, 1.54) is 12.3 Å². The number of phenols is 1. The summed E-state index contributed by atoms with van der Waals surface area (Å²) in [5, 5.41) is 13.5. The van der Waals surface area contributed by atoms with Crippen LogP contribution in [0.5, 0.6) is 5.75 Å². The lowest BCUT2D eigenvalue weighted by Gasteiger charge is -2.39. The number of pyridine rings is 1. The third kappa shape index (κ3) is 4.02. The molecule has 1 saturated heterocycles. The monoisotopic (exact) mass is 477 g/mol. The van der Waals surface area contributed by atoms with Crippen LogP contribution in [0.25, 0.3) is 21.7 Å². The van der Waals surface area contributed by atoms with Gasteiger partial charge in [0.2, 0.25) is 5.95 Å². The molecule has 1 atom stereocenters. The molecule has 0 saturated carbocycles. The zero-order valence-corrected chi connectivity index (χ0v) is 20.0. The van der Waals surface area contributed by atoms with E-state index in [1.807, 2.05) is 24.3 Å². The topological polar surface area (TPSA) is 79.0 Å². The largest absolute Gasteiger partial charge is 0.507 e. The number of benzene rings is 2. The van der Waals surface area contributed by atoms with Gasteiger partial charge >= 0.3 is 5.97 Å². The molecule has 2 aromatic heterocycles. The lowest BCUT2D eigenvalue weighted by molar-refractivity contribution is 0.0526. The summed E-state index contributed by atoms with van der Waals surface area (Å²) in [5.41, 5.74) is 1.94. The maximum absolute atomic E-state index is 14.4. The van der Waals surface area contributed by atoms with Crippen LogP contribution >= 0.6 is 0 Å². The molecule has 0 bridgehead atoms. The van der Waals surface area contributed by atoms with E-state index in [-0.39, 0.29) is 17.9 Å². The Hall–Kier alpha value is -3.49. The second-order valence-electron chi connectivity index (χ2n) is 8.92. The fourth-order valence-corrected chi connectivity index (χ4v) is 5.09. The van der Waals surface area contributed by atoms with Crippen molar-refractivity contribution in [2.75, 3.05) is 39.8 Å². The molecule has 7 nitrogen and oxygen atoms in total. The zero-order chi connectivity index (χ0) is 24.7. The molecular formula is C27H28FN3O4. The summed E-state index contributed by atoms with van der Waals surface area (Å²) in [6, 6.07) is 10.00. The first-order valence-electron chi connectivity index (χ1n) is 11.8. The number of fused-ring (bicyclic) bond motifs is 3. The average Bonchev–Trinajstić information content (AvgIpc) is 3.19. The number of phenolic OH excluding ortho intramolecular Hbond substituents is 1. The Morgan fingerprint density at radius 3 is 2.60 bits per heavy atom. The number of ether oxygens (including phenoxy) is 1. The minimum absolute atomic E-state index is 0.0422.